The number of hydrogen-bond donors (Lipinski definition) is 1. The number of nitrogens with zero attached hydrogens (tertiary/aromatic N) is 1. The lowest BCUT2D eigenvalue weighted by Crippen LogP contribution is -2.39. The summed E-state index contributed by atoms with van der Waals surface area (Å²) in [5, 5.41) is 3.58. The van der Waals surface area contributed by atoms with Gasteiger partial charge in [0, 0.05) is 29.7 Å². The van der Waals surface area contributed by atoms with Crippen molar-refractivity contribution in [3.63, 3.8) is 0 Å². The molecule has 4 heteroatoms. The van der Waals surface area contributed by atoms with Crippen LogP contribution in [0.5, 0.6) is 5.75 Å². The minimum Gasteiger partial charge on any atom is -0.497 e. The number of rotatable bonds is 4. The van der Waals surface area contributed by atoms with Crippen LogP contribution in [-0.4, -0.2) is 37.7 Å². The van der Waals surface area contributed by atoms with Crippen molar-refractivity contribution in [1.29, 1.82) is 0 Å². The van der Waals surface area contributed by atoms with Crippen LogP contribution in [0.25, 0.3) is 0 Å². The quantitative estimate of drug-likeness (QED) is 0.862. The van der Waals surface area contributed by atoms with Crippen LogP contribution >= 0.6 is 15.9 Å². The van der Waals surface area contributed by atoms with Gasteiger partial charge in [-0.25, -0.2) is 0 Å². The molecule has 1 fully saturated rings. The Morgan fingerprint density at radius 3 is 2.84 bits per heavy atom. The molecule has 0 amide bonds. The highest BCUT2D eigenvalue weighted by Gasteiger charge is 2.19. The van der Waals surface area contributed by atoms with Crippen LogP contribution in [0, 0.1) is 12.3 Å². The molecule has 1 aromatic carbocycles. The van der Waals surface area contributed by atoms with E-state index in [1.165, 1.54) is 0 Å². The molecule has 1 aliphatic rings. The molecule has 0 radical (unpaired) electrons. The number of terminal acetylenes is 1. The van der Waals surface area contributed by atoms with Gasteiger partial charge in [-0.2, -0.15) is 0 Å². The van der Waals surface area contributed by atoms with Crippen LogP contribution in [0.2, 0.25) is 0 Å². The third-order valence-electron chi connectivity index (χ3n) is 3.44. The molecule has 19 heavy (non-hydrogen) atoms. The van der Waals surface area contributed by atoms with Crippen molar-refractivity contribution >= 4 is 21.6 Å². The summed E-state index contributed by atoms with van der Waals surface area (Å²) in [7, 11) is 1.69. The fourth-order valence-corrected chi connectivity index (χ4v) is 2.69. The molecule has 0 atom stereocenters. The number of halogens is 1. The molecule has 3 nitrogen and oxygen atoms in total. The second kappa shape index (κ2) is 6.83. The van der Waals surface area contributed by atoms with Gasteiger partial charge in [0.05, 0.1) is 19.3 Å². The second-order valence-electron chi connectivity index (χ2n) is 4.74. The molecule has 0 bridgehead atoms. The molecule has 0 saturated carbocycles. The largest absolute Gasteiger partial charge is 0.497 e. The van der Waals surface area contributed by atoms with Gasteiger partial charge < -0.3 is 10.1 Å². The number of methoxy groups -OCH3 is 1. The Labute approximate surface area is 123 Å². The van der Waals surface area contributed by atoms with E-state index < -0.39 is 0 Å². The van der Waals surface area contributed by atoms with Crippen LogP contribution in [0.4, 0.5) is 5.69 Å². The third-order valence-corrected chi connectivity index (χ3v) is 4.13. The summed E-state index contributed by atoms with van der Waals surface area (Å²) in [5.74, 6) is 3.58. The Morgan fingerprint density at radius 2 is 2.21 bits per heavy atom. The lowest BCUT2D eigenvalue weighted by molar-refractivity contribution is 0.243. The van der Waals surface area contributed by atoms with Crippen LogP contribution in [-0.2, 0) is 0 Å². The number of piperidine rings is 1. The smallest absolute Gasteiger partial charge is 0.121 e. The Balaban J connectivity index is 1.94. The van der Waals surface area contributed by atoms with Crippen molar-refractivity contribution in [2.45, 2.75) is 18.9 Å². The van der Waals surface area contributed by atoms with Crippen LogP contribution in [0.1, 0.15) is 12.8 Å². The first-order valence-electron chi connectivity index (χ1n) is 6.49. The molecule has 2 rings (SSSR count). The standard InChI is InChI=1S/C15H19BrN2O/c1-3-8-18-9-6-12(7-10-18)17-15-11-13(19-2)4-5-14(15)16/h1,4-5,11-12,17H,6-10H2,2H3. The van der Waals surface area contributed by atoms with E-state index in [1.54, 1.807) is 7.11 Å². The second-order valence-corrected chi connectivity index (χ2v) is 5.60. The molecule has 1 aliphatic heterocycles. The normalized spacial score (nSPS) is 16.9. The monoisotopic (exact) mass is 322 g/mol. The first-order valence-corrected chi connectivity index (χ1v) is 7.28. The number of ether oxygens (including phenoxy) is 1. The van der Waals surface area contributed by atoms with E-state index in [4.69, 9.17) is 11.2 Å². The summed E-state index contributed by atoms with van der Waals surface area (Å²) in [5.41, 5.74) is 1.09. The predicted molar refractivity (Wildman–Crippen MR) is 82.6 cm³/mol. The van der Waals surface area contributed by atoms with Crippen molar-refractivity contribution in [2.75, 3.05) is 32.1 Å². The van der Waals surface area contributed by atoms with E-state index in [0.29, 0.717) is 6.04 Å². The number of likely N-dealkylation sites (tertiary alicyclic amines) is 1. The van der Waals surface area contributed by atoms with Crippen LogP contribution < -0.4 is 10.1 Å². The average Bonchev–Trinajstić information content (AvgIpc) is 2.44. The van der Waals surface area contributed by atoms with Crippen molar-refractivity contribution in [2.24, 2.45) is 0 Å². The lowest BCUT2D eigenvalue weighted by Gasteiger charge is -2.31. The SMILES string of the molecule is C#CCN1CCC(Nc2cc(OC)ccc2Br)CC1. The highest BCUT2D eigenvalue weighted by Crippen LogP contribution is 2.29. The van der Waals surface area contributed by atoms with Crippen molar-refractivity contribution in [3.8, 4) is 18.1 Å². The Morgan fingerprint density at radius 1 is 1.47 bits per heavy atom. The summed E-state index contributed by atoms with van der Waals surface area (Å²) in [6.07, 6.45) is 7.57. The van der Waals surface area contributed by atoms with Crippen molar-refractivity contribution in [3.05, 3.63) is 22.7 Å². The highest BCUT2D eigenvalue weighted by atomic mass is 79.9. The highest BCUT2D eigenvalue weighted by molar-refractivity contribution is 9.10. The van der Waals surface area contributed by atoms with Crippen LogP contribution in [0.15, 0.2) is 22.7 Å². The molecule has 1 saturated heterocycles. The van der Waals surface area contributed by atoms with Crippen molar-refractivity contribution < 1.29 is 4.74 Å². The Hall–Kier alpha value is -1.18. The van der Waals surface area contributed by atoms with E-state index in [0.717, 1.165) is 48.4 Å². The van der Waals surface area contributed by atoms with Gasteiger partial charge >= 0.3 is 0 Å². The minimum atomic E-state index is 0.498. The summed E-state index contributed by atoms with van der Waals surface area (Å²) < 4.78 is 6.33. The molecular weight excluding hydrogens is 304 g/mol. The molecule has 1 heterocycles. The molecular formula is C15H19BrN2O. The zero-order valence-corrected chi connectivity index (χ0v) is 12.7. The van der Waals surface area contributed by atoms with Gasteiger partial charge in [-0.05, 0) is 40.9 Å². The first kappa shape index (κ1) is 14.2. The Kier molecular flexibility index (Phi) is 5.12. The van der Waals surface area contributed by atoms with Gasteiger partial charge in [0.2, 0.25) is 0 Å². The fourth-order valence-electron chi connectivity index (χ4n) is 2.33. The van der Waals surface area contributed by atoms with E-state index >= 15 is 0 Å². The first-order chi connectivity index (χ1) is 9.22. The van der Waals surface area contributed by atoms with Gasteiger partial charge in [0.1, 0.15) is 5.75 Å². The van der Waals surface area contributed by atoms with Gasteiger partial charge in [-0.15, -0.1) is 6.42 Å². The fraction of sp³-hybridized carbons (Fsp3) is 0.467. The summed E-state index contributed by atoms with van der Waals surface area (Å²) in [6.45, 7) is 2.88. The lowest BCUT2D eigenvalue weighted by atomic mass is 10.0. The molecule has 1 aromatic rings. The number of nitrogens with one attached hydrogen (secondary N) is 1. The molecule has 1 N–H and O–H groups in total. The maximum atomic E-state index is 5.34. The summed E-state index contributed by atoms with van der Waals surface area (Å²) >= 11 is 3.57. The van der Waals surface area contributed by atoms with Gasteiger partial charge in [-0.3, -0.25) is 4.90 Å². The minimum absolute atomic E-state index is 0.498. The Bertz CT molecular complexity index is 462. The third kappa shape index (κ3) is 3.89. The van der Waals surface area contributed by atoms with E-state index in [2.05, 4.69) is 32.1 Å². The number of benzene rings is 1. The topological polar surface area (TPSA) is 24.5 Å². The summed E-state index contributed by atoms with van der Waals surface area (Å²) in [6, 6.07) is 6.48. The van der Waals surface area contributed by atoms with Gasteiger partial charge in [0.25, 0.3) is 0 Å². The van der Waals surface area contributed by atoms with Gasteiger partial charge in [0.15, 0.2) is 0 Å². The molecule has 0 aromatic heterocycles. The van der Waals surface area contributed by atoms with Crippen LogP contribution in [0.3, 0.4) is 0 Å². The molecule has 0 aliphatic carbocycles. The molecule has 0 spiro atoms. The maximum Gasteiger partial charge on any atom is 0.121 e. The zero-order chi connectivity index (χ0) is 13.7. The number of hydrogen-bond acceptors (Lipinski definition) is 3. The average molecular weight is 323 g/mol. The van der Waals surface area contributed by atoms with E-state index in [1.807, 2.05) is 18.2 Å². The molecule has 0 unspecified atom stereocenters. The molecule has 102 valence electrons. The van der Waals surface area contributed by atoms with E-state index in [9.17, 15) is 0 Å². The zero-order valence-electron chi connectivity index (χ0n) is 11.2. The number of anilines is 1. The van der Waals surface area contributed by atoms with Crippen molar-refractivity contribution in [1.82, 2.24) is 4.90 Å². The van der Waals surface area contributed by atoms with Gasteiger partial charge in [-0.1, -0.05) is 5.92 Å². The predicted octanol–water partition coefficient (Wildman–Crippen LogP) is 2.97. The van der Waals surface area contributed by atoms with E-state index in [-0.39, 0.29) is 0 Å². The maximum absolute atomic E-state index is 5.34. The summed E-state index contributed by atoms with van der Waals surface area (Å²) in [4.78, 5) is 2.32.